The number of nitrogens with two attached hydrogens (primary N) is 1. The number of ketones is 1. The van der Waals surface area contributed by atoms with Crippen molar-refractivity contribution in [2.24, 2.45) is 5.73 Å². The van der Waals surface area contributed by atoms with Crippen LogP contribution in [0.3, 0.4) is 0 Å². The molecule has 0 amide bonds. The smallest absolute Gasteiger partial charge is 0.163 e. The maximum atomic E-state index is 11.5. The Morgan fingerprint density at radius 2 is 2.08 bits per heavy atom. The van der Waals surface area contributed by atoms with Gasteiger partial charge in [-0.25, -0.2) is 0 Å². The number of nitrogens with zero attached hydrogens (tertiary/aromatic N) is 1. The lowest BCUT2D eigenvalue weighted by Gasteiger charge is -2.16. The monoisotopic (exact) mass is 202 g/mol. The van der Waals surface area contributed by atoms with E-state index in [0.717, 1.165) is 13.1 Å². The van der Waals surface area contributed by atoms with Crippen molar-refractivity contribution in [3.05, 3.63) is 0 Å². The second-order valence-electron chi connectivity index (χ2n) is 3.57. The van der Waals surface area contributed by atoms with Crippen molar-refractivity contribution in [2.45, 2.75) is 25.3 Å². The fourth-order valence-electron chi connectivity index (χ4n) is 1.58. The van der Waals surface area contributed by atoms with Crippen LogP contribution >= 0.6 is 12.6 Å². The fourth-order valence-corrected chi connectivity index (χ4v) is 1.86. The number of hydrogen-bond acceptors (Lipinski definition) is 4. The number of carbonyl (C=O) groups excluding carboxylic acids is 1. The second-order valence-corrected chi connectivity index (χ2v) is 4.02. The lowest BCUT2D eigenvalue weighted by atomic mass is 10.1. The molecule has 4 heteroatoms. The Kier molecular flexibility index (Phi) is 4.77. The van der Waals surface area contributed by atoms with E-state index in [1.165, 1.54) is 12.8 Å². The molecule has 0 aliphatic carbocycles. The molecular formula is C9H18N2OS. The molecule has 0 aromatic carbocycles. The van der Waals surface area contributed by atoms with E-state index in [2.05, 4.69) is 17.5 Å². The number of rotatable bonds is 5. The van der Waals surface area contributed by atoms with Gasteiger partial charge in [0.05, 0.1) is 12.6 Å². The summed E-state index contributed by atoms with van der Waals surface area (Å²) in [7, 11) is 0. The quantitative estimate of drug-likeness (QED) is 0.630. The zero-order chi connectivity index (χ0) is 9.68. The van der Waals surface area contributed by atoms with Gasteiger partial charge in [0.25, 0.3) is 0 Å². The largest absolute Gasteiger partial charge is 0.321 e. The second kappa shape index (κ2) is 5.62. The highest BCUT2D eigenvalue weighted by Crippen LogP contribution is 2.07. The van der Waals surface area contributed by atoms with Gasteiger partial charge < -0.3 is 5.73 Å². The molecule has 0 saturated carbocycles. The SMILES string of the molecule is NC(CCS)C(=O)CN1CCCC1. The Morgan fingerprint density at radius 1 is 1.46 bits per heavy atom. The normalized spacial score (nSPS) is 20.5. The minimum atomic E-state index is -0.307. The first-order valence-corrected chi connectivity index (χ1v) is 5.49. The molecule has 1 atom stereocenters. The molecule has 1 aliphatic rings. The van der Waals surface area contributed by atoms with Crippen LogP contribution in [-0.2, 0) is 4.79 Å². The fraction of sp³-hybridized carbons (Fsp3) is 0.889. The Morgan fingerprint density at radius 3 is 2.62 bits per heavy atom. The maximum Gasteiger partial charge on any atom is 0.163 e. The topological polar surface area (TPSA) is 46.3 Å². The Labute approximate surface area is 85.1 Å². The molecule has 0 aromatic rings. The Bertz CT molecular complexity index is 169. The molecule has 2 N–H and O–H groups in total. The summed E-state index contributed by atoms with van der Waals surface area (Å²) < 4.78 is 0. The third kappa shape index (κ3) is 3.67. The van der Waals surface area contributed by atoms with Gasteiger partial charge in [-0.15, -0.1) is 0 Å². The van der Waals surface area contributed by atoms with Crippen molar-refractivity contribution in [2.75, 3.05) is 25.4 Å². The number of Topliss-reactive ketones (excluding diaryl/α,β-unsaturated/α-hetero) is 1. The van der Waals surface area contributed by atoms with E-state index in [0.29, 0.717) is 18.7 Å². The number of likely N-dealkylation sites (tertiary alicyclic amines) is 1. The molecule has 76 valence electrons. The van der Waals surface area contributed by atoms with Crippen LogP contribution in [0, 0.1) is 0 Å². The summed E-state index contributed by atoms with van der Waals surface area (Å²) >= 11 is 4.06. The molecule has 0 bridgehead atoms. The predicted octanol–water partition coefficient (Wildman–Crippen LogP) is 0.298. The van der Waals surface area contributed by atoms with E-state index < -0.39 is 0 Å². The highest BCUT2D eigenvalue weighted by atomic mass is 32.1. The first-order chi connectivity index (χ1) is 6.24. The molecule has 0 spiro atoms. The third-order valence-corrected chi connectivity index (χ3v) is 2.69. The standard InChI is InChI=1S/C9H18N2OS/c10-8(3-6-13)9(12)7-11-4-1-2-5-11/h8,13H,1-7,10H2. The van der Waals surface area contributed by atoms with Gasteiger partial charge >= 0.3 is 0 Å². The van der Waals surface area contributed by atoms with Crippen molar-refractivity contribution in [1.29, 1.82) is 0 Å². The van der Waals surface area contributed by atoms with Crippen LogP contribution in [0.2, 0.25) is 0 Å². The van der Waals surface area contributed by atoms with Crippen LogP contribution in [0.5, 0.6) is 0 Å². The van der Waals surface area contributed by atoms with E-state index in [1.807, 2.05) is 0 Å². The summed E-state index contributed by atoms with van der Waals surface area (Å²) in [6, 6.07) is -0.307. The summed E-state index contributed by atoms with van der Waals surface area (Å²) in [6.07, 6.45) is 3.12. The van der Waals surface area contributed by atoms with Crippen molar-refractivity contribution >= 4 is 18.4 Å². The lowest BCUT2D eigenvalue weighted by molar-refractivity contribution is -0.121. The lowest BCUT2D eigenvalue weighted by Crippen LogP contribution is -2.39. The zero-order valence-corrected chi connectivity index (χ0v) is 8.80. The zero-order valence-electron chi connectivity index (χ0n) is 7.91. The highest BCUT2D eigenvalue weighted by molar-refractivity contribution is 7.80. The van der Waals surface area contributed by atoms with Gasteiger partial charge in [0, 0.05) is 0 Å². The van der Waals surface area contributed by atoms with Crippen molar-refractivity contribution in [3.8, 4) is 0 Å². The molecule has 0 aromatic heterocycles. The van der Waals surface area contributed by atoms with Crippen molar-refractivity contribution in [3.63, 3.8) is 0 Å². The molecule has 1 heterocycles. The Hall–Kier alpha value is -0.0600. The molecule has 1 rings (SSSR count). The third-order valence-electron chi connectivity index (χ3n) is 2.43. The molecule has 1 unspecified atom stereocenters. The Balaban J connectivity index is 2.22. The van der Waals surface area contributed by atoms with E-state index in [-0.39, 0.29) is 11.8 Å². The average molecular weight is 202 g/mol. The first kappa shape index (κ1) is 11.0. The average Bonchev–Trinajstić information content (AvgIpc) is 2.57. The van der Waals surface area contributed by atoms with Crippen LogP contribution in [0.15, 0.2) is 0 Å². The van der Waals surface area contributed by atoms with Gasteiger partial charge in [-0.3, -0.25) is 9.69 Å². The van der Waals surface area contributed by atoms with Gasteiger partial charge in [-0.2, -0.15) is 12.6 Å². The summed E-state index contributed by atoms with van der Waals surface area (Å²) in [5.74, 6) is 0.850. The minimum Gasteiger partial charge on any atom is -0.321 e. The molecule has 13 heavy (non-hydrogen) atoms. The van der Waals surface area contributed by atoms with E-state index in [9.17, 15) is 4.79 Å². The number of carbonyl (C=O) groups is 1. The van der Waals surface area contributed by atoms with Gasteiger partial charge in [0.1, 0.15) is 0 Å². The van der Waals surface area contributed by atoms with Gasteiger partial charge in [-0.1, -0.05) is 0 Å². The maximum absolute atomic E-state index is 11.5. The van der Waals surface area contributed by atoms with Crippen LogP contribution in [-0.4, -0.2) is 42.1 Å². The summed E-state index contributed by atoms with van der Waals surface area (Å²) in [6.45, 7) is 2.65. The van der Waals surface area contributed by atoms with E-state index >= 15 is 0 Å². The van der Waals surface area contributed by atoms with Gasteiger partial charge in [-0.05, 0) is 38.1 Å². The van der Waals surface area contributed by atoms with Crippen LogP contribution in [0.25, 0.3) is 0 Å². The highest BCUT2D eigenvalue weighted by Gasteiger charge is 2.18. The predicted molar refractivity (Wildman–Crippen MR) is 57.1 cm³/mol. The summed E-state index contributed by atoms with van der Waals surface area (Å²) in [5.41, 5.74) is 5.68. The minimum absolute atomic E-state index is 0.163. The molecule has 0 radical (unpaired) electrons. The van der Waals surface area contributed by atoms with Crippen LogP contribution < -0.4 is 5.73 Å². The summed E-state index contributed by atoms with van der Waals surface area (Å²) in [4.78, 5) is 13.7. The van der Waals surface area contributed by atoms with E-state index in [1.54, 1.807) is 0 Å². The van der Waals surface area contributed by atoms with Gasteiger partial charge in [0.15, 0.2) is 5.78 Å². The molecule has 3 nitrogen and oxygen atoms in total. The molecule has 1 saturated heterocycles. The summed E-state index contributed by atoms with van der Waals surface area (Å²) in [5, 5.41) is 0. The van der Waals surface area contributed by atoms with Gasteiger partial charge in [0.2, 0.25) is 0 Å². The van der Waals surface area contributed by atoms with Crippen LogP contribution in [0.1, 0.15) is 19.3 Å². The van der Waals surface area contributed by atoms with Crippen molar-refractivity contribution in [1.82, 2.24) is 4.90 Å². The first-order valence-electron chi connectivity index (χ1n) is 4.85. The van der Waals surface area contributed by atoms with Crippen molar-refractivity contribution < 1.29 is 4.79 Å². The number of thiol groups is 1. The molecule has 1 fully saturated rings. The molecular weight excluding hydrogens is 184 g/mol. The molecule has 1 aliphatic heterocycles. The van der Waals surface area contributed by atoms with Crippen LogP contribution in [0.4, 0.5) is 0 Å². The number of hydrogen-bond donors (Lipinski definition) is 2. The van der Waals surface area contributed by atoms with E-state index in [4.69, 9.17) is 5.73 Å².